The standard InChI is InChI=1S/C41H46F3N9O7S/c1-6-34(55)47-29-14-25(15-33(61(58,59)41(42,43)44)35(29)51-10-9-50(18-23(51)2)26-21-60-22-26)46-36-39(57)49(5)19-30(48-36)27-7-8-45-37(28(27)20-54)53-12-11-52-31(38(53)56)13-24-16-40(3,4)17-32(24)52/h6-8,13-15,19,23,26,54H,1,9-12,16-18,20-22H2,2-5H3,(H,46,48)(H,47,55)/t23-/m0/s1. The van der Waals surface area contributed by atoms with E-state index in [9.17, 15) is 41.1 Å². The molecule has 1 aromatic carbocycles. The van der Waals surface area contributed by atoms with Crippen molar-refractivity contribution in [2.75, 3.05) is 59.8 Å². The van der Waals surface area contributed by atoms with Gasteiger partial charge in [-0.25, -0.2) is 18.4 Å². The molecule has 3 aromatic heterocycles. The van der Waals surface area contributed by atoms with Crippen molar-refractivity contribution in [2.45, 2.75) is 69.3 Å². The molecule has 8 rings (SSSR count). The number of amides is 2. The zero-order valence-corrected chi connectivity index (χ0v) is 34.9. The van der Waals surface area contributed by atoms with E-state index in [0.29, 0.717) is 44.1 Å². The van der Waals surface area contributed by atoms with Crippen LogP contribution in [0.15, 0.2) is 59.0 Å². The van der Waals surface area contributed by atoms with E-state index < -0.39 is 50.2 Å². The van der Waals surface area contributed by atoms with Gasteiger partial charge in [0.05, 0.1) is 42.9 Å². The van der Waals surface area contributed by atoms with Gasteiger partial charge in [0.1, 0.15) is 16.4 Å². The second-order valence-corrected chi connectivity index (χ2v) is 18.6. The first-order chi connectivity index (χ1) is 28.8. The van der Waals surface area contributed by atoms with Crippen LogP contribution in [0.3, 0.4) is 0 Å². The molecule has 0 bridgehead atoms. The van der Waals surface area contributed by atoms with Gasteiger partial charge in [-0.3, -0.25) is 24.2 Å². The normalized spacial score (nSPS) is 19.3. The fraction of sp³-hybridized carbons (Fsp3) is 0.439. The van der Waals surface area contributed by atoms with Crippen molar-refractivity contribution in [1.82, 2.24) is 24.0 Å². The van der Waals surface area contributed by atoms with Crippen LogP contribution in [0.2, 0.25) is 0 Å². The molecule has 2 saturated heterocycles. The Morgan fingerprint density at radius 1 is 1.11 bits per heavy atom. The monoisotopic (exact) mass is 865 g/mol. The topological polar surface area (TPSA) is 184 Å². The summed E-state index contributed by atoms with van der Waals surface area (Å²) in [5, 5.41) is 16.0. The van der Waals surface area contributed by atoms with E-state index >= 15 is 0 Å². The second-order valence-electron chi connectivity index (χ2n) is 16.7. The van der Waals surface area contributed by atoms with E-state index in [2.05, 4.69) is 50.5 Å². The minimum Gasteiger partial charge on any atom is -0.392 e. The van der Waals surface area contributed by atoms with Gasteiger partial charge in [0.2, 0.25) is 5.91 Å². The Hall–Kier alpha value is -5.57. The number of sulfone groups is 1. The number of fused-ring (bicyclic) bond motifs is 3. The molecule has 4 aliphatic rings. The number of rotatable bonds is 10. The maximum absolute atomic E-state index is 14.5. The average Bonchev–Trinajstić information content (AvgIpc) is 3.67. The van der Waals surface area contributed by atoms with Crippen molar-refractivity contribution in [2.24, 2.45) is 12.5 Å². The third-order valence-electron chi connectivity index (χ3n) is 11.9. The lowest BCUT2D eigenvalue weighted by Crippen LogP contribution is -2.60. The summed E-state index contributed by atoms with van der Waals surface area (Å²) in [7, 11) is -4.66. The van der Waals surface area contributed by atoms with Crippen LogP contribution < -0.4 is 26.0 Å². The summed E-state index contributed by atoms with van der Waals surface area (Å²) < 4.78 is 78.9. The smallest absolute Gasteiger partial charge is 0.392 e. The molecule has 2 amide bonds. The number of aryl methyl sites for hydroxylation is 1. The van der Waals surface area contributed by atoms with Crippen molar-refractivity contribution in [3.05, 3.63) is 82.2 Å². The van der Waals surface area contributed by atoms with E-state index in [4.69, 9.17) is 4.74 Å². The minimum atomic E-state index is -6.07. The predicted octanol–water partition coefficient (Wildman–Crippen LogP) is 3.99. The molecule has 0 spiro atoms. The number of aliphatic hydroxyl groups is 1. The number of carbonyl (C=O) groups is 2. The Bertz CT molecular complexity index is 2640. The highest BCUT2D eigenvalue weighted by molar-refractivity contribution is 7.92. The molecule has 0 radical (unpaired) electrons. The average molecular weight is 866 g/mol. The SMILES string of the molecule is C=CC(=O)Nc1cc(Nc2nc(-c3ccnc(N4CCn5c(cc6c5CC(C)(C)C6)C4=O)c3CO)cn(C)c2=O)cc(S(=O)(=O)C(F)(F)F)c1N1CCN(C2COC2)C[C@@H]1C. The van der Waals surface area contributed by atoms with Crippen molar-refractivity contribution >= 4 is 50.3 Å². The van der Waals surface area contributed by atoms with Crippen LogP contribution in [-0.2, 0) is 52.4 Å². The van der Waals surface area contributed by atoms with Gasteiger partial charge in [-0.15, -0.1) is 0 Å². The molecule has 3 aliphatic heterocycles. The highest BCUT2D eigenvalue weighted by Gasteiger charge is 2.50. The highest BCUT2D eigenvalue weighted by Crippen LogP contribution is 2.45. The van der Waals surface area contributed by atoms with Gasteiger partial charge in [-0.05, 0) is 61.1 Å². The van der Waals surface area contributed by atoms with E-state index in [1.807, 2.05) is 6.07 Å². The minimum absolute atomic E-state index is 0.0969. The van der Waals surface area contributed by atoms with E-state index in [-0.39, 0.29) is 64.6 Å². The lowest BCUT2D eigenvalue weighted by atomic mass is 9.90. The maximum atomic E-state index is 14.5. The number of aliphatic hydroxyl groups excluding tert-OH is 1. The number of alkyl halides is 3. The number of carbonyl (C=O) groups excluding carboxylic acids is 2. The van der Waals surface area contributed by atoms with Gasteiger partial charge in [-0.1, -0.05) is 20.4 Å². The number of halogens is 3. The fourth-order valence-corrected chi connectivity index (χ4v) is 9.86. The van der Waals surface area contributed by atoms with Crippen molar-refractivity contribution in [3.63, 3.8) is 0 Å². The summed E-state index contributed by atoms with van der Waals surface area (Å²) in [6, 6.07) is 5.10. The molecule has 1 atom stereocenters. The summed E-state index contributed by atoms with van der Waals surface area (Å²) in [4.78, 5) is 53.4. The third-order valence-corrected chi connectivity index (χ3v) is 13.4. The van der Waals surface area contributed by atoms with Crippen LogP contribution in [0.25, 0.3) is 11.3 Å². The largest absolute Gasteiger partial charge is 0.501 e. The molecule has 324 valence electrons. The molecular weight excluding hydrogens is 820 g/mol. The molecule has 16 nitrogen and oxygen atoms in total. The number of benzene rings is 1. The lowest BCUT2D eigenvalue weighted by molar-refractivity contribution is -0.111. The Morgan fingerprint density at radius 2 is 1.87 bits per heavy atom. The van der Waals surface area contributed by atoms with E-state index in [1.165, 1.54) is 35.3 Å². The van der Waals surface area contributed by atoms with E-state index in [0.717, 1.165) is 40.8 Å². The molecular formula is C41H46F3N9O7S. The predicted molar refractivity (Wildman–Crippen MR) is 221 cm³/mol. The first kappa shape index (κ1) is 42.1. The molecule has 6 heterocycles. The molecule has 2 fully saturated rings. The summed E-state index contributed by atoms with van der Waals surface area (Å²) in [5.41, 5.74) is -3.86. The quantitative estimate of drug-likeness (QED) is 0.195. The number of hydrogen-bond donors (Lipinski definition) is 3. The van der Waals surface area contributed by atoms with Crippen LogP contribution in [-0.4, -0.2) is 106 Å². The number of nitrogens with one attached hydrogen (secondary N) is 2. The third kappa shape index (κ3) is 7.48. The number of aromatic nitrogens is 4. The molecule has 3 N–H and O–H groups in total. The number of ether oxygens (including phenoxy) is 1. The number of hydrogen-bond acceptors (Lipinski definition) is 12. The summed E-state index contributed by atoms with van der Waals surface area (Å²) in [6.07, 6.45) is 5.42. The number of anilines is 5. The van der Waals surface area contributed by atoms with Crippen molar-refractivity contribution in [3.8, 4) is 11.3 Å². The zero-order chi connectivity index (χ0) is 43.8. The molecule has 4 aromatic rings. The molecule has 20 heteroatoms. The molecule has 0 saturated carbocycles. The van der Waals surface area contributed by atoms with Gasteiger partial charge < -0.3 is 34.5 Å². The maximum Gasteiger partial charge on any atom is 0.501 e. The molecule has 0 unspecified atom stereocenters. The first-order valence-corrected chi connectivity index (χ1v) is 21.3. The zero-order valence-electron chi connectivity index (χ0n) is 34.0. The van der Waals surface area contributed by atoms with Crippen LogP contribution >= 0.6 is 0 Å². The number of pyridine rings is 1. The van der Waals surface area contributed by atoms with Gasteiger partial charge in [0.25, 0.3) is 21.3 Å². The Balaban J connectivity index is 1.18. The van der Waals surface area contributed by atoms with Crippen LogP contribution in [0.1, 0.15) is 48.1 Å². The molecule has 61 heavy (non-hydrogen) atoms. The van der Waals surface area contributed by atoms with Gasteiger partial charge in [0, 0.05) is 80.7 Å². The van der Waals surface area contributed by atoms with Crippen molar-refractivity contribution < 1.29 is 41.0 Å². The summed E-state index contributed by atoms with van der Waals surface area (Å²) >= 11 is 0. The fourth-order valence-electron chi connectivity index (χ4n) is 8.85. The van der Waals surface area contributed by atoms with Crippen LogP contribution in [0.5, 0.6) is 0 Å². The Morgan fingerprint density at radius 3 is 2.52 bits per heavy atom. The molecule has 1 aliphatic carbocycles. The van der Waals surface area contributed by atoms with Gasteiger partial charge in [-0.2, -0.15) is 13.2 Å². The summed E-state index contributed by atoms with van der Waals surface area (Å²) in [5.74, 6) is -1.33. The lowest BCUT2D eigenvalue weighted by Gasteiger charge is -2.47. The summed E-state index contributed by atoms with van der Waals surface area (Å²) in [6.45, 7) is 11.7. The van der Waals surface area contributed by atoms with E-state index in [1.54, 1.807) is 13.0 Å². The van der Waals surface area contributed by atoms with Crippen LogP contribution in [0, 0.1) is 5.41 Å². The Kier molecular flexibility index (Phi) is 10.6. The van der Waals surface area contributed by atoms with Gasteiger partial charge in [0.15, 0.2) is 5.82 Å². The Labute approximate surface area is 349 Å². The van der Waals surface area contributed by atoms with Crippen LogP contribution in [0.4, 0.5) is 41.9 Å². The van der Waals surface area contributed by atoms with Crippen molar-refractivity contribution in [1.29, 1.82) is 0 Å². The number of nitrogens with zero attached hydrogens (tertiary/aromatic N) is 7. The first-order valence-electron chi connectivity index (χ1n) is 19.8. The number of piperazine rings is 1. The highest BCUT2D eigenvalue weighted by atomic mass is 32.2. The van der Waals surface area contributed by atoms with Gasteiger partial charge >= 0.3 is 5.51 Å². The second kappa shape index (κ2) is 15.4.